The van der Waals surface area contributed by atoms with E-state index in [2.05, 4.69) is 38.5 Å². The minimum atomic E-state index is -0.128. The van der Waals surface area contributed by atoms with Crippen molar-refractivity contribution in [3.8, 4) is 0 Å². The van der Waals surface area contributed by atoms with Crippen molar-refractivity contribution in [2.24, 2.45) is 0 Å². The third-order valence-electron chi connectivity index (χ3n) is 3.18. The fourth-order valence-electron chi connectivity index (χ4n) is 2.06. The van der Waals surface area contributed by atoms with Gasteiger partial charge in [0.15, 0.2) is 0 Å². The van der Waals surface area contributed by atoms with E-state index >= 15 is 0 Å². The number of benzene rings is 1. The number of likely N-dealkylation sites (tertiary alicyclic amines) is 1. The normalized spacial score (nSPS) is 17.4. The second-order valence-electron chi connectivity index (χ2n) is 4.66. The fraction of sp³-hybridized carbons (Fsp3) is 0.462. The number of halogens is 1. The monoisotopic (exact) mass is 311 g/mol. The molecule has 1 aliphatic rings. The Morgan fingerprint density at radius 1 is 1.33 bits per heavy atom. The van der Waals surface area contributed by atoms with Crippen molar-refractivity contribution in [3.63, 3.8) is 0 Å². The van der Waals surface area contributed by atoms with Crippen LogP contribution in [0.1, 0.15) is 12.8 Å². The van der Waals surface area contributed by atoms with E-state index in [1.165, 1.54) is 0 Å². The third-order valence-corrected chi connectivity index (χ3v) is 3.87. The van der Waals surface area contributed by atoms with Gasteiger partial charge < -0.3 is 15.5 Å². The molecule has 98 valence electrons. The Morgan fingerprint density at radius 2 is 2.00 bits per heavy atom. The number of anilines is 1. The van der Waals surface area contributed by atoms with Crippen LogP contribution in [-0.4, -0.2) is 37.1 Å². The Labute approximate surface area is 116 Å². The topological polar surface area (TPSA) is 44.4 Å². The number of para-hydroxylation sites is 1. The van der Waals surface area contributed by atoms with Crippen LogP contribution in [0.3, 0.4) is 0 Å². The van der Waals surface area contributed by atoms with E-state index < -0.39 is 0 Å². The molecular formula is C13H18BrN3O. The Hall–Kier alpha value is -1.07. The molecule has 2 N–H and O–H groups in total. The summed E-state index contributed by atoms with van der Waals surface area (Å²) in [6.07, 6.45) is 2.03. The maximum absolute atomic E-state index is 11.9. The Bertz CT molecular complexity index is 416. The molecular weight excluding hydrogens is 294 g/mol. The summed E-state index contributed by atoms with van der Waals surface area (Å²) in [5, 5.41) is 5.88. The predicted octanol–water partition coefficient (Wildman–Crippen LogP) is 2.66. The largest absolute Gasteiger partial charge is 0.335 e. The molecule has 0 radical (unpaired) electrons. The van der Waals surface area contributed by atoms with Gasteiger partial charge in [0, 0.05) is 10.5 Å². The number of amides is 2. The predicted molar refractivity (Wildman–Crippen MR) is 76.8 cm³/mol. The van der Waals surface area contributed by atoms with E-state index in [-0.39, 0.29) is 12.1 Å². The highest BCUT2D eigenvalue weighted by Gasteiger charge is 2.18. The minimum Gasteiger partial charge on any atom is -0.335 e. The molecule has 0 aliphatic carbocycles. The molecule has 0 atom stereocenters. The van der Waals surface area contributed by atoms with E-state index in [4.69, 9.17) is 0 Å². The van der Waals surface area contributed by atoms with Gasteiger partial charge in [-0.1, -0.05) is 12.1 Å². The summed E-state index contributed by atoms with van der Waals surface area (Å²) in [5.41, 5.74) is 0.794. The molecule has 1 aromatic carbocycles. The van der Waals surface area contributed by atoms with Crippen molar-refractivity contribution >= 4 is 27.6 Å². The van der Waals surface area contributed by atoms with Crippen LogP contribution in [0.5, 0.6) is 0 Å². The zero-order valence-electron chi connectivity index (χ0n) is 10.4. The summed E-state index contributed by atoms with van der Waals surface area (Å²) in [6.45, 7) is 2.08. The molecule has 0 aromatic heterocycles. The highest BCUT2D eigenvalue weighted by molar-refractivity contribution is 9.10. The van der Waals surface area contributed by atoms with Crippen LogP contribution in [0.15, 0.2) is 28.7 Å². The van der Waals surface area contributed by atoms with Gasteiger partial charge in [-0.2, -0.15) is 0 Å². The molecule has 18 heavy (non-hydrogen) atoms. The summed E-state index contributed by atoms with van der Waals surface area (Å²) < 4.78 is 0.892. The molecule has 2 rings (SSSR count). The van der Waals surface area contributed by atoms with Crippen molar-refractivity contribution in [2.45, 2.75) is 18.9 Å². The van der Waals surface area contributed by atoms with Crippen LogP contribution in [0, 0.1) is 0 Å². The smallest absolute Gasteiger partial charge is 0.319 e. The SMILES string of the molecule is CN1CCC(NC(=O)Nc2ccccc2Br)CC1. The number of urea groups is 1. The number of hydrogen-bond acceptors (Lipinski definition) is 2. The van der Waals surface area contributed by atoms with Gasteiger partial charge in [0.05, 0.1) is 5.69 Å². The van der Waals surface area contributed by atoms with Crippen LogP contribution in [0.2, 0.25) is 0 Å². The number of hydrogen-bond donors (Lipinski definition) is 2. The summed E-state index contributed by atoms with van der Waals surface area (Å²) in [7, 11) is 2.11. The molecule has 1 aromatic rings. The highest BCUT2D eigenvalue weighted by atomic mass is 79.9. The summed E-state index contributed by atoms with van der Waals surface area (Å²) in [6, 6.07) is 7.75. The standard InChI is InChI=1S/C13H18BrN3O/c1-17-8-6-10(7-9-17)15-13(18)16-12-5-3-2-4-11(12)14/h2-5,10H,6-9H2,1H3,(H2,15,16,18). The number of carbonyl (C=O) groups excluding carboxylic acids is 1. The average Bonchev–Trinajstić information content (AvgIpc) is 2.35. The Kier molecular flexibility index (Phi) is 4.60. The molecule has 5 heteroatoms. The molecule has 2 amide bonds. The van der Waals surface area contributed by atoms with E-state index in [0.717, 1.165) is 36.1 Å². The molecule has 0 spiro atoms. The molecule has 0 saturated carbocycles. The van der Waals surface area contributed by atoms with E-state index in [1.807, 2.05) is 24.3 Å². The lowest BCUT2D eigenvalue weighted by atomic mass is 10.1. The summed E-state index contributed by atoms with van der Waals surface area (Å²) in [4.78, 5) is 14.1. The van der Waals surface area contributed by atoms with E-state index in [1.54, 1.807) is 0 Å². The first-order chi connectivity index (χ1) is 8.65. The molecule has 1 heterocycles. The lowest BCUT2D eigenvalue weighted by Crippen LogP contribution is -2.44. The number of piperidine rings is 1. The Balaban J connectivity index is 1.84. The third kappa shape index (κ3) is 3.71. The van der Waals surface area contributed by atoms with Crippen LogP contribution >= 0.6 is 15.9 Å². The Morgan fingerprint density at radius 3 is 2.67 bits per heavy atom. The second-order valence-corrected chi connectivity index (χ2v) is 5.51. The first-order valence-corrected chi connectivity index (χ1v) is 6.95. The zero-order valence-corrected chi connectivity index (χ0v) is 12.0. The average molecular weight is 312 g/mol. The first kappa shape index (κ1) is 13.4. The van der Waals surface area contributed by atoms with Gasteiger partial charge in [-0.05, 0) is 61.0 Å². The van der Waals surface area contributed by atoms with Crippen molar-refractivity contribution < 1.29 is 4.79 Å². The van der Waals surface area contributed by atoms with Gasteiger partial charge in [0.1, 0.15) is 0 Å². The molecule has 1 aliphatic heterocycles. The number of nitrogens with zero attached hydrogens (tertiary/aromatic N) is 1. The molecule has 1 saturated heterocycles. The molecule has 0 unspecified atom stereocenters. The second kappa shape index (κ2) is 6.20. The maximum Gasteiger partial charge on any atom is 0.319 e. The van der Waals surface area contributed by atoms with Crippen molar-refractivity contribution in [2.75, 3.05) is 25.5 Å². The maximum atomic E-state index is 11.9. The van der Waals surface area contributed by atoms with Crippen LogP contribution in [0.4, 0.5) is 10.5 Å². The van der Waals surface area contributed by atoms with Gasteiger partial charge in [0.2, 0.25) is 0 Å². The van der Waals surface area contributed by atoms with Gasteiger partial charge >= 0.3 is 6.03 Å². The van der Waals surface area contributed by atoms with Crippen LogP contribution < -0.4 is 10.6 Å². The number of carbonyl (C=O) groups is 1. The minimum absolute atomic E-state index is 0.128. The molecule has 0 bridgehead atoms. The van der Waals surface area contributed by atoms with Crippen molar-refractivity contribution in [3.05, 3.63) is 28.7 Å². The van der Waals surface area contributed by atoms with Gasteiger partial charge in [-0.25, -0.2) is 4.79 Å². The van der Waals surface area contributed by atoms with E-state index in [9.17, 15) is 4.79 Å². The lowest BCUT2D eigenvalue weighted by molar-refractivity contribution is 0.221. The highest BCUT2D eigenvalue weighted by Crippen LogP contribution is 2.21. The fourth-order valence-corrected chi connectivity index (χ4v) is 2.44. The van der Waals surface area contributed by atoms with Crippen molar-refractivity contribution in [1.29, 1.82) is 0 Å². The lowest BCUT2D eigenvalue weighted by Gasteiger charge is -2.29. The van der Waals surface area contributed by atoms with Gasteiger partial charge in [-0.3, -0.25) is 0 Å². The van der Waals surface area contributed by atoms with E-state index in [0.29, 0.717) is 0 Å². The van der Waals surface area contributed by atoms with Gasteiger partial charge in [0.25, 0.3) is 0 Å². The van der Waals surface area contributed by atoms with Crippen LogP contribution in [-0.2, 0) is 0 Å². The quantitative estimate of drug-likeness (QED) is 0.882. The zero-order chi connectivity index (χ0) is 13.0. The number of rotatable bonds is 2. The molecule has 1 fully saturated rings. The van der Waals surface area contributed by atoms with Crippen LogP contribution in [0.25, 0.3) is 0 Å². The first-order valence-electron chi connectivity index (χ1n) is 6.16. The number of nitrogens with one attached hydrogen (secondary N) is 2. The van der Waals surface area contributed by atoms with Gasteiger partial charge in [-0.15, -0.1) is 0 Å². The summed E-state index contributed by atoms with van der Waals surface area (Å²) in [5.74, 6) is 0. The van der Waals surface area contributed by atoms with Crippen molar-refractivity contribution in [1.82, 2.24) is 10.2 Å². The summed E-state index contributed by atoms with van der Waals surface area (Å²) >= 11 is 3.41. The molecule has 4 nitrogen and oxygen atoms in total.